The fourth-order valence-corrected chi connectivity index (χ4v) is 0.725. The smallest absolute Gasteiger partial charge is 0.0406 e. The molecule has 0 fully saturated rings. The van der Waals surface area contributed by atoms with Gasteiger partial charge in [0.25, 0.3) is 0 Å². The van der Waals surface area contributed by atoms with Crippen molar-refractivity contribution in [2.45, 2.75) is 0 Å². The van der Waals surface area contributed by atoms with E-state index in [4.69, 9.17) is 11.6 Å². The highest BCUT2D eigenvalue weighted by atomic mass is 35.5. The average Bonchev–Trinajstić information content (AvgIpc) is 1.90. The van der Waals surface area contributed by atoms with Gasteiger partial charge in [-0.15, -0.1) is 0 Å². The van der Waals surface area contributed by atoms with E-state index in [-0.39, 0.29) is 13.5 Å². The fraction of sp³-hybridized carbons (Fsp3) is 0. The summed E-state index contributed by atoms with van der Waals surface area (Å²) in [6.07, 6.45) is 1.79. The molecule has 0 N–H and O–H groups in total. The van der Waals surface area contributed by atoms with Crippen LogP contribution in [0.15, 0.2) is 30.8 Å². The Bertz CT molecular complexity index is 203. The zero-order valence-electron chi connectivity index (χ0n) is 5.47. The fourth-order valence-electron chi connectivity index (χ4n) is 0.599. The lowest BCUT2D eigenvalue weighted by Crippen LogP contribution is -1.67. The molecule has 0 spiro atoms. The van der Waals surface area contributed by atoms with E-state index in [0.29, 0.717) is 0 Å². The molecule has 0 unspecified atom stereocenters. The highest BCUT2D eigenvalue weighted by Gasteiger charge is 1.84. The van der Waals surface area contributed by atoms with Crippen molar-refractivity contribution in [1.82, 2.24) is 0 Å². The SMILES string of the molecule is C=Cc1ccc(Cl)cc1.S. The standard InChI is InChI=1S/C8H7Cl.H2S/c1-2-7-3-5-8(9)6-4-7;/h2-6H,1H2;1H2. The molecule has 0 bridgehead atoms. The Balaban J connectivity index is 0.000000810. The molecular weight excluding hydrogens is 164 g/mol. The summed E-state index contributed by atoms with van der Waals surface area (Å²) >= 11 is 5.63. The second-order valence-corrected chi connectivity index (χ2v) is 2.19. The van der Waals surface area contributed by atoms with Crippen LogP contribution in [0.1, 0.15) is 5.56 Å². The van der Waals surface area contributed by atoms with Crippen molar-refractivity contribution in [1.29, 1.82) is 0 Å². The summed E-state index contributed by atoms with van der Waals surface area (Å²) in [5.74, 6) is 0. The highest BCUT2D eigenvalue weighted by molar-refractivity contribution is 7.59. The number of benzene rings is 1. The first-order valence-electron chi connectivity index (χ1n) is 2.71. The van der Waals surface area contributed by atoms with E-state index in [1.165, 1.54) is 0 Å². The summed E-state index contributed by atoms with van der Waals surface area (Å²) in [6.45, 7) is 3.62. The van der Waals surface area contributed by atoms with Gasteiger partial charge in [-0.1, -0.05) is 36.4 Å². The third-order valence-corrected chi connectivity index (χ3v) is 1.36. The van der Waals surface area contributed by atoms with Crippen LogP contribution in [0.3, 0.4) is 0 Å². The van der Waals surface area contributed by atoms with Crippen LogP contribution < -0.4 is 0 Å². The van der Waals surface area contributed by atoms with Gasteiger partial charge in [-0.2, -0.15) is 13.5 Å². The van der Waals surface area contributed by atoms with Crippen molar-refractivity contribution in [3.63, 3.8) is 0 Å². The average molecular weight is 173 g/mol. The third-order valence-electron chi connectivity index (χ3n) is 1.11. The second-order valence-electron chi connectivity index (χ2n) is 1.76. The predicted octanol–water partition coefficient (Wildman–Crippen LogP) is 3.10. The van der Waals surface area contributed by atoms with E-state index >= 15 is 0 Å². The Labute approximate surface area is 73.0 Å². The Morgan fingerprint density at radius 1 is 1.20 bits per heavy atom. The molecule has 0 radical (unpaired) electrons. The number of halogens is 1. The molecular formula is C8H9ClS. The monoisotopic (exact) mass is 172 g/mol. The summed E-state index contributed by atoms with van der Waals surface area (Å²) < 4.78 is 0. The zero-order valence-corrected chi connectivity index (χ0v) is 7.23. The van der Waals surface area contributed by atoms with Crippen molar-refractivity contribution >= 4 is 31.2 Å². The minimum atomic E-state index is 0. The molecule has 1 aromatic rings. The quantitative estimate of drug-likeness (QED) is 0.611. The van der Waals surface area contributed by atoms with Gasteiger partial charge in [-0.05, 0) is 17.7 Å². The van der Waals surface area contributed by atoms with Crippen molar-refractivity contribution < 1.29 is 0 Å². The maximum absolute atomic E-state index is 5.63. The molecule has 0 aliphatic heterocycles. The molecule has 0 nitrogen and oxygen atoms in total. The highest BCUT2D eigenvalue weighted by Crippen LogP contribution is 2.09. The van der Waals surface area contributed by atoms with Crippen LogP contribution >= 0.6 is 25.1 Å². The van der Waals surface area contributed by atoms with Gasteiger partial charge in [0.15, 0.2) is 0 Å². The van der Waals surface area contributed by atoms with E-state index in [0.717, 1.165) is 10.6 Å². The second kappa shape index (κ2) is 4.42. The van der Waals surface area contributed by atoms with Crippen molar-refractivity contribution in [3.8, 4) is 0 Å². The van der Waals surface area contributed by atoms with Crippen molar-refractivity contribution in [2.75, 3.05) is 0 Å². The van der Waals surface area contributed by atoms with Gasteiger partial charge in [-0.25, -0.2) is 0 Å². The van der Waals surface area contributed by atoms with Crippen molar-refractivity contribution in [3.05, 3.63) is 41.4 Å². The molecule has 0 heterocycles. The minimum absolute atomic E-state index is 0. The first-order valence-corrected chi connectivity index (χ1v) is 3.09. The van der Waals surface area contributed by atoms with Crippen molar-refractivity contribution in [2.24, 2.45) is 0 Å². The first-order chi connectivity index (χ1) is 4.33. The molecule has 0 aliphatic rings. The molecule has 2 heteroatoms. The van der Waals surface area contributed by atoms with Gasteiger partial charge < -0.3 is 0 Å². The zero-order chi connectivity index (χ0) is 6.69. The molecule has 0 amide bonds. The minimum Gasteiger partial charge on any atom is -0.197 e. The van der Waals surface area contributed by atoms with Gasteiger partial charge in [0, 0.05) is 5.02 Å². The third kappa shape index (κ3) is 2.46. The van der Waals surface area contributed by atoms with E-state index in [2.05, 4.69) is 6.58 Å². The number of hydrogen-bond acceptors (Lipinski definition) is 0. The summed E-state index contributed by atoms with van der Waals surface area (Å²) in [6, 6.07) is 7.54. The van der Waals surface area contributed by atoms with Gasteiger partial charge >= 0.3 is 0 Å². The molecule has 0 atom stereocenters. The molecule has 0 saturated carbocycles. The normalized spacial score (nSPS) is 8.10. The molecule has 0 aliphatic carbocycles. The van der Waals surface area contributed by atoms with Crippen LogP contribution in [0.5, 0.6) is 0 Å². The van der Waals surface area contributed by atoms with Crippen LogP contribution in [0, 0.1) is 0 Å². The lowest BCUT2D eigenvalue weighted by molar-refractivity contribution is 1.66. The Hall–Kier alpha value is -0.400. The van der Waals surface area contributed by atoms with E-state index in [1.807, 2.05) is 24.3 Å². The first kappa shape index (κ1) is 9.60. The van der Waals surface area contributed by atoms with E-state index in [9.17, 15) is 0 Å². The van der Waals surface area contributed by atoms with Crippen LogP contribution in [-0.4, -0.2) is 0 Å². The Kier molecular flexibility index (Phi) is 4.24. The largest absolute Gasteiger partial charge is 0.197 e. The molecule has 1 aromatic carbocycles. The maximum atomic E-state index is 5.63. The van der Waals surface area contributed by atoms with Crippen LogP contribution in [-0.2, 0) is 0 Å². The van der Waals surface area contributed by atoms with Gasteiger partial charge in [0.1, 0.15) is 0 Å². The van der Waals surface area contributed by atoms with E-state index in [1.54, 1.807) is 6.08 Å². The molecule has 10 heavy (non-hydrogen) atoms. The van der Waals surface area contributed by atoms with Crippen LogP contribution in [0.4, 0.5) is 0 Å². The lowest BCUT2D eigenvalue weighted by atomic mass is 10.2. The van der Waals surface area contributed by atoms with Gasteiger partial charge in [-0.3, -0.25) is 0 Å². The summed E-state index contributed by atoms with van der Waals surface area (Å²) in [5, 5.41) is 0.764. The lowest BCUT2D eigenvalue weighted by Gasteiger charge is -1.89. The molecule has 0 saturated heterocycles. The number of rotatable bonds is 1. The summed E-state index contributed by atoms with van der Waals surface area (Å²) in [4.78, 5) is 0. The van der Waals surface area contributed by atoms with Crippen LogP contribution in [0.25, 0.3) is 6.08 Å². The Morgan fingerprint density at radius 2 is 1.70 bits per heavy atom. The van der Waals surface area contributed by atoms with Gasteiger partial charge in [0.2, 0.25) is 0 Å². The molecule has 1 rings (SSSR count). The summed E-state index contributed by atoms with van der Waals surface area (Å²) in [7, 11) is 0. The number of hydrogen-bond donors (Lipinski definition) is 0. The Morgan fingerprint density at radius 3 is 2.10 bits per heavy atom. The topological polar surface area (TPSA) is 0 Å². The molecule has 0 aromatic heterocycles. The maximum Gasteiger partial charge on any atom is 0.0406 e. The van der Waals surface area contributed by atoms with E-state index < -0.39 is 0 Å². The van der Waals surface area contributed by atoms with Crippen LogP contribution in [0.2, 0.25) is 5.02 Å². The predicted molar refractivity (Wildman–Crippen MR) is 51.9 cm³/mol. The van der Waals surface area contributed by atoms with Gasteiger partial charge in [0.05, 0.1) is 0 Å². The molecule has 54 valence electrons. The summed E-state index contributed by atoms with van der Waals surface area (Å²) in [5.41, 5.74) is 1.10.